The summed E-state index contributed by atoms with van der Waals surface area (Å²) in [4.78, 5) is 24.8. The molecule has 4 unspecified atom stereocenters. The Labute approximate surface area is 162 Å². The third kappa shape index (κ3) is 4.00. The zero-order valence-electron chi connectivity index (χ0n) is 14.5. The molecular formula is C16H16F3NO7P2. The average molecular weight is 453 g/mol. The van der Waals surface area contributed by atoms with Crippen molar-refractivity contribution in [2.75, 3.05) is 0 Å². The number of halogens is 3. The molecule has 2 aromatic rings. The van der Waals surface area contributed by atoms with Crippen molar-refractivity contribution in [1.82, 2.24) is 4.98 Å². The Bertz CT molecular complexity index is 989. The molecule has 0 radical (unpaired) electrons. The lowest BCUT2D eigenvalue weighted by Gasteiger charge is -2.45. The standard InChI is InChI=1S/C16H16F3NO7P2/c1-28(23)15(22,8-10-3-2-6-20-9-10)29(24,25)27-14(26-28)12-5-4-11(7-13(12)21)16(17,18)19/h2-7,9,14,21-23H,1,8H2,(H,24,25). The summed E-state index contributed by atoms with van der Waals surface area (Å²) < 4.78 is 61.1. The van der Waals surface area contributed by atoms with Gasteiger partial charge < -0.3 is 20.0 Å². The van der Waals surface area contributed by atoms with E-state index in [9.17, 15) is 37.7 Å². The van der Waals surface area contributed by atoms with Crippen molar-refractivity contribution < 1.29 is 46.8 Å². The van der Waals surface area contributed by atoms with E-state index in [1.165, 1.54) is 24.5 Å². The van der Waals surface area contributed by atoms with Gasteiger partial charge >= 0.3 is 13.8 Å². The van der Waals surface area contributed by atoms with Crippen molar-refractivity contribution in [3.63, 3.8) is 0 Å². The highest BCUT2D eigenvalue weighted by atomic mass is 31.2. The summed E-state index contributed by atoms with van der Waals surface area (Å²) in [7, 11) is -9.40. The molecule has 0 saturated carbocycles. The maximum absolute atomic E-state index is 12.8. The molecule has 4 N–H and O–H groups in total. The van der Waals surface area contributed by atoms with Gasteiger partial charge in [-0.25, -0.2) is 0 Å². The lowest BCUT2D eigenvalue weighted by atomic mass is 10.1. The van der Waals surface area contributed by atoms with E-state index < -0.39 is 55.8 Å². The monoisotopic (exact) mass is 453 g/mol. The van der Waals surface area contributed by atoms with Gasteiger partial charge in [-0.3, -0.25) is 18.6 Å². The second-order valence-electron chi connectivity index (χ2n) is 6.35. The molecule has 1 aliphatic rings. The van der Waals surface area contributed by atoms with E-state index in [4.69, 9.17) is 9.05 Å². The maximum Gasteiger partial charge on any atom is 0.416 e. The number of pyridine rings is 1. The SMILES string of the molecule is C=P1(O)OC(c2ccc(C(F)(F)F)cc2O)OP(=O)(O)C1(O)Cc1cccnc1. The van der Waals surface area contributed by atoms with Crippen LogP contribution in [0.25, 0.3) is 0 Å². The highest BCUT2D eigenvalue weighted by Gasteiger charge is 2.62. The fraction of sp³-hybridized carbons (Fsp3) is 0.250. The third-order valence-electron chi connectivity index (χ3n) is 4.30. The number of phenolic OH excluding ortho intramolecular Hbond substituents is 1. The molecule has 1 saturated heterocycles. The van der Waals surface area contributed by atoms with Crippen molar-refractivity contribution in [3.05, 3.63) is 59.4 Å². The number of aromatic nitrogens is 1. The number of aromatic hydroxyl groups is 1. The summed E-state index contributed by atoms with van der Waals surface area (Å²) in [5.41, 5.74) is -1.35. The van der Waals surface area contributed by atoms with Crippen LogP contribution in [0, 0.1) is 0 Å². The van der Waals surface area contributed by atoms with Gasteiger partial charge in [0.05, 0.1) is 11.1 Å². The van der Waals surface area contributed by atoms with Gasteiger partial charge in [-0.15, -0.1) is 0 Å². The summed E-state index contributed by atoms with van der Waals surface area (Å²) in [5.74, 6) is -0.942. The smallest absolute Gasteiger partial charge is 0.416 e. The second-order valence-corrected chi connectivity index (χ2v) is 11.0. The lowest BCUT2D eigenvalue weighted by molar-refractivity contribution is -0.137. The minimum atomic E-state index is -5.08. The van der Waals surface area contributed by atoms with E-state index in [0.717, 1.165) is 6.07 Å². The molecule has 1 fully saturated rings. The van der Waals surface area contributed by atoms with Crippen LogP contribution < -0.4 is 0 Å². The fourth-order valence-corrected chi connectivity index (χ4v) is 6.68. The second kappa shape index (κ2) is 7.21. The van der Waals surface area contributed by atoms with Crippen LogP contribution in [0.15, 0.2) is 42.7 Å². The molecule has 29 heavy (non-hydrogen) atoms. The molecule has 13 heteroatoms. The molecular weight excluding hydrogens is 437 g/mol. The number of aliphatic hydroxyl groups is 1. The van der Waals surface area contributed by atoms with E-state index >= 15 is 0 Å². The van der Waals surface area contributed by atoms with Crippen LogP contribution in [0.1, 0.15) is 23.0 Å². The molecule has 0 amide bonds. The van der Waals surface area contributed by atoms with Gasteiger partial charge in [-0.05, 0) is 36.1 Å². The Morgan fingerprint density at radius 2 is 1.93 bits per heavy atom. The van der Waals surface area contributed by atoms with E-state index in [0.29, 0.717) is 12.1 Å². The molecule has 0 bridgehead atoms. The van der Waals surface area contributed by atoms with Gasteiger partial charge in [0.2, 0.25) is 11.4 Å². The van der Waals surface area contributed by atoms with Crippen molar-refractivity contribution in [1.29, 1.82) is 0 Å². The van der Waals surface area contributed by atoms with Gasteiger partial charge in [-0.2, -0.15) is 13.2 Å². The van der Waals surface area contributed by atoms with Crippen molar-refractivity contribution in [2.45, 2.75) is 24.0 Å². The lowest BCUT2D eigenvalue weighted by Crippen LogP contribution is -2.38. The molecule has 158 valence electrons. The van der Waals surface area contributed by atoms with Gasteiger partial charge in [-0.1, -0.05) is 6.07 Å². The summed E-state index contributed by atoms with van der Waals surface area (Å²) in [5, 5.41) is 17.9. The highest BCUT2D eigenvalue weighted by molar-refractivity contribution is 7.78. The van der Waals surface area contributed by atoms with Gasteiger partial charge in [0.25, 0.3) is 0 Å². The number of alkyl halides is 3. The predicted octanol–water partition coefficient (Wildman–Crippen LogP) is 3.20. The molecule has 1 aromatic heterocycles. The topological polar surface area (TPSA) is 129 Å². The van der Waals surface area contributed by atoms with Crippen molar-refractivity contribution >= 4 is 21.2 Å². The first-order valence-corrected chi connectivity index (χ1v) is 11.4. The quantitative estimate of drug-likeness (QED) is 0.522. The molecule has 3 rings (SSSR count). The molecule has 4 atom stereocenters. The number of phenols is 1. The first kappa shape index (κ1) is 22.0. The number of rotatable bonds is 3. The minimum absolute atomic E-state index is 0.273. The van der Waals surface area contributed by atoms with Crippen LogP contribution in [-0.4, -0.2) is 36.4 Å². The number of benzene rings is 1. The zero-order chi connectivity index (χ0) is 21.7. The van der Waals surface area contributed by atoms with Crippen LogP contribution in [0.2, 0.25) is 0 Å². The summed E-state index contributed by atoms with van der Waals surface area (Å²) in [6.07, 6.45) is -1.21. The summed E-state index contributed by atoms with van der Waals surface area (Å²) in [6.45, 7) is 0. The van der Waals surface area contributed by atoms with Gasteiger partial charge in [0.15, 0.2) is 7.34 Å². The Balaban J connectivity index is 1.97. The molecule has 1 aromatic carbocycles. The van der Waals surface area contributed by atoms with E-state index in [1.807, 2.05) is 0 Å². The Kier molecular flexibility index (Phi) is 5.47. The van der Waals surface area contributed by atoms with Crippen LogP contribution in [-0.2, 0) is 26.2 Å². The number of nitrogens with zero attached hydrogens (tertiary/aromatic N) is 1. The van der Waals surface area contributed by atoms with Crippen molar-refractivity contribution in [2.24, 2.45) is 0 Å². The fourth-order valence-electron chi connectivity index (χ4n) is 2.71. The maximum atomic E-state index is 12.8. The zero-order valence-corrected chi connectivity index (χ0v) is 16.3. The first-order chi connectivity index (χ1) is 13.3. The van der Waals surface area contributed by atoms with E-state index in [2.05, 4.69) is 11.3 Å². The van der Waals surface area contributed by atoms with Gasteiger partial charge in [0, 0.05) is 18.8 Å². The van der Waals surface area contributed by atoms with E-state index in [1.54, 1.807) is 0 Å². The highest BCUT2D eigenvalue weighted by Crippen LogP contribution is 2.79. The Morgan fingerprint density at radius 3 is 2.45 bits per heavy atom. The third-order valence-corrected chi connectivity index (χ3v) is 9.35. The number of hydrogen-bond acceptors (Lipinski definition) is 7. The largest absolute Gasteiger partial charge is 0.507 e. The van der Waals surface area contributed by atoms with Gasteiger partial charge in [0.1, 0.15) is 5.75 Å². The molecule has 0 aliphatic carbocycles. The molecule has 1 aliphatic heterocycles. The van der Waals surface area contributed by atoms with Crippen LogP contribution in [0.4, 0.5) is 13.2 Å². The predicted molar refractivity (Wildman–Crippen MR) is 97.0 cm³/mol. The molecule has 8 nitrogen and oxygen atoms in total. The normalized spacial score (nSPS) is 32.8. The first-order valence-electron chi connectivity index (χ1n) is 7.94. The van der Waals surface area contributed by atoms with Crippen LogP contribution in [0.3, 0.4) is 0 Å². The summed E-state index contributed by atoms with van der Waals surface area (Å²) in [6, 6.07) is 4.71. The molecule has 0 spiro atoms. The van der Waals surface area contributed by atoms with Crippen LogP contribution >= 0.6 is 14.9 Å². The Morgan fingerprint density at radius 1 is 1.24 bits per heavy atom. The summed E-state index contributed by atoms with van der Waals surface area (Å²) >= 11 is 0. The average Bonchev–Trinajstić information content (AvgIpc) is 2.59. The minimum Gasteiger partial charge on any atom is -0.507 e. The molecule has 2 heterocycles. The Hall–Kier alpha value is -1.71. The van der Waals surface area contributed by atoms with E-state index in [-0.39, 0.29) is 5.56 Å². The van der Waals surface area contributed by atoms with Crippen LogP contribution in [0.5, 0.6) is 5.75 Å². The number of hydrogen-bond donors (Lipinski definition) is 4. The van der Waals surface area contributed by atoms with Crippen molar-refractivity contribution in [3.8, 4) is 5.75 Å².